The number of hydrogen-bond donors (Lipinski definition) is 4. The number of nitrogens with two attached hydrogens (primary N) is 3. The van der Waals surface area contributed by atoms with Crippen LogP contribution in [0.2, 0.25) is 0 Å². The highest BCUT2D eigenvalue weighted by Gasteiger charge is 2.36. The molecule has 0 saturated heterocycles. The Labute approximate surface area is 385 Å². The number of likely N-dealkylation sites (N-methyl/N-ethyl adjacent to an activating group) is 1. The Hall–Kier alpha value is -5.69. The Kier molecular flexibility index (Phi) is 19.4. The second-order valence-electron chi connectivity index (χ2n) is 17.3. The summed E-state index contributed by atoms with van der Waals surface area (Å²) in [6, 6.07) is 25.5. The van der Waals surface area contributed by atoms with Gasteiger partial charge in [0.25, 0.3) is 0 Å². The molecule has 65 heavy (non-hydrogen) atoms. The number of unbranched alkanes of at least 4 members (excludes halogenated alkanes) is 1. The van der Waals surface area contributed by atoms with Crippen LogP contribution in [0.1, 0.15) is 112 Å². The van der Waals surface area contributed by atoms with E-state index < -0.39 is 23.9 Å². The summed E-state index contributed by atoms with van der Waals surface area (Å²) in [5, 5.41) is 3.13. The highest BCUT2D eigenvalue weighted by atomic mass is 16.5. The molecule has 0 fully saturated rings. The van der Waals surface area contributed by atoms with Gasteiger partial charge in [-0.15, -0.1) is 0 Å². The zero-order valence-corrected chi connectivity index (χ0v) is 38.7. The molecule has 4 aromatic rings. The maximum absolute atomic E-state index is 14.8. The molecular formula is C53H69N5O7. The number of benzene rings is 4. The van der Waals surface area contributed by atoms with Crippen LogP contribution in [-0.4, -0.2) is 80.0 Å². The molecule has 0 radical (unpaired) electrons. The zero-order valence-electron chi connectivity index (χ0n) is 38.7. The first kappa shape index (κ1) is 50.3. The molecule has 7 N–H and O–H groups in total. The van der Waals surface area contributed by atoms with Crippen molar-refractivity contribution in [3.8, 4) is 33.8 Å². The number of nitrogens with one attached hydrogen (secondary N) is 1. The summed E-state index contributed by atoms with van der Waals surface area (Å²) in [7, 11) is 1.58. The summed E-state index contributed by atoms with van der Waals surface area (Å²) < 4.78 is 12.4. The van der Waals surface area contributed by atoms with Crippen LogP contribution in [0.15, 0.2) is 84.9 Å². The van der Waals surface area contributed by atoms with Crippen LogP contribution < -0.4 is 32.0 Å². The lowest BCUT2D eigenvalue weighted by atomic mass is 9.88. The van der Waals surface area contributed by atoms with Gasteiger partial charge < -0.3 is 36.9 Å². The molecule has 0 aliphatic carbocycles. The number of carbonyl (C=O) groups is 5. The van der Waals surface area contributed by atoms with Gasteiger partial charge >= 0.3 is 0 Å². The van der Waals surface area contributed by atoms with E-state index in [0.717, 1.165) is 36.0 Å². The van der Waals surface area contributed by atoms with Crippen LogP contribution in [-0.2, 0) is 32.0 Å². The Morgan fingerprint density at radius 2 is 1.42 bits per heavy atom. The predicted molar refractivity (Wildman–Crippen MR) is 257 cm³/mol. The van der Waals surface area contributed by atoms with Crippen LogP contribution >= 0.6 is 0 Å². The summed E-state index contributed by atoms with van der Waals surface area (Å²) in [6.07, 6.45) is 5.41. The molecule has 0 aromatic heterocycles. The molecule has 2 amide bonds. The lowest BCUT2D eigenvalue weighted by Gasteiger charge is -2.32. The minimum atomic E-state index is -1.14. The Balaban J connectivity index is 1.53. The number of fused-ring (bicyclic) bond motifs is 5. The van der Waals surface area contributed by atoms with E-state index in [-0.39, 0.29) is 68.3 Å². The van der Waals surface area contributed by atoms with Gasteiger partial charge in [0.05, 0.1) is 0 Å². The molecule has 348 valence electrons. The van der Waals surface area contributed by atoms with Crippen molar-refractivity contribution in [3.63, 3.8) is 0 Å². The van der Waals surface area contributed by atoms with Gasteiger partial charge in [-0.1, -0.05) is 87.9 Å². The number of amides is 2. The molecule has 0 saturated carbocycles. The highest BCUT2D eigenvalue weighted by molar-refractivity contribution is 6.00. The summed E-state index contributed by atoms with van der Waals surface area (Å²) in [6.45, 7) is 6.99. The van der Waals surface area contributed by atoms with E-state index in [1.807, 2.05) is 43.3 Å². The average Bonchev–Trinajstić information content (AvgIpc) is 3.32. The SMILES string of the molecule is CCCCc1ccc(-c2ccc(C(=O)C[C@@H](CCCN)C(=O)N(C)[C@@H]3C(=O)C[C@@H](C)C(=O)N[C@H](CCC(=O)CC)Cc4ccc(OCCN)c(c4)-c4cc3ccc4OCCN)cc2)cc1. The number of ether oxygens (including phenoxy) is 2. The van der Waals surface area contributed by atoms with E-state index >= 15 is 0 Å². The van der Waals surface area contributed by atoms with Gasteiger partial charge in [0.1, 0.15) is 36.5 Å². The Morgan fingerprint density at radius 3 is 2.03 bits per heavy atom. The molecule has 1 heterocycles. The van der Waals surface area contributed by atoms with E-state index in [4.69, 9.17) is 26.7 Å². The molecule has 12 nitrogen and oxygen atoms in total. The third-order valence-corrected chi connectivity index (χ3v) is 12.2. The largest absolute Gasteiger partial charge is 0.492 e. The van der Waals surface area contributed by atoms with E-state index in [1.54, 1.807) is 38.2 Å². The first-order valence-corrected chi connectivity index (χ1v) is 23.4. The van der Waals surface area contributed by atoms with E-state index in [0.29, 0.717) is 78.8 Å². The maximum atomic E-state index is 14.8. The lowest BCUT2D eigenvalue weighted by Crippen LogP contribution is -2.43. The van der Waals surface area contributed by atoms with Crippen LogP contribution in [0, 0.1) is 11.8 Å². The first-order valence-electron chi connectivity index (χ1n) is 23.4. The fraction of sp³-hybridized carbons (Fsp3) is 0.453. The highest BCUT2D eigenvalue weighted by Crippen LogP contribution is 2.41. The van der Waals surface area contributed by atoms with Gasteiger partial charge in [-0.3, -0.25) is 24.0 Å². The smallest absolute Gasteiger partial charge is 0.226 e. The molecule has 5 rings (SSSR count). The van der Waals surface area contributed by atoms with Gasteiger partial charge in [0.2, 0.25) is 11.8 Å². The molecule has 1 aliphatic rings. The minimum Gasteiger partial charge on any atom is -0.492 e. The van der Waals surface area contributed by atoms with E-state index in [1.165, 1.54) is 10.5 Å². The summed E-state index contributed by atoms with van der Waals surface area (Å²) >= 11 is 0. The third kappa shape index (κ3) is 13.9. The molecule has 12 heteroatoms. The van der Waals surface area contributed by atoms with Crippen molar-refractivity contribution in [2.24, 2.45) is 29.0 Å². The molecule has 0 unspecified atom stereocenters. The van der Waals surface area contributed by atoms with E-state index in [9.17, 15) is 24.0 Å². The van der Waals surface area contributed by atoms with Crippen molar-refractivity contribution < 1.29 is 33.4 Å². The fourth-order valence-electron chi connectivity index (χ4n) is 8.46. The minimum absolute atomic E-state index is 0.0813. The summed E-state index contributed by atoms with van der Waals surface area (Å²) in [4.78, 5) is 71.4. The second kappa shape index (κ2) is 25.1. The van der Waals surface area contributed by atoms with Crippen molar-refractivity contribution in [1.82, 2.24) is 10.2 Å². The van der Waals surface area contributed by atoms with Gasteiger partial charge in [-0.25, -0.2) is 0 Å². The monoisotopic (exact) mass is 888 g/mol. The summed E-state index contributed by atoms with van der Waals surface area (Å²) in [5.41, 5.74) is 24.2. The average molecular weight is 888 g/mol. The predicted octanol–water partition coefficient (Wildman–Crippen LogP) is 7.56. The van der Waals surface area contributed by atoms with Crippen molar-refractivity contribution >= 4 is 29.2 Å². The van der Waals surface area contributed by atoms with Crippen LogP contribution in [0.5, 0.6) is 11.5 Å². The number of Topliss-reactive ketones (excluding diaryl/α,β-unsaturated/α-hetero) is 3. The Bertz CT molecular complexity index is 2220. The number of rotatable bonds is 22. The number of ketones is 3. The second-order valence-corrected chi connectivity index (χ2v) is 17.3. The molecule has 1 aliphatic heterocycles. The first-order chi connectivity index (χ1) is 31.4. The Morgan fingerprint density at radius 1 is 0.785 bits per heavy atom. The molecule has 4 bridgehead atoms. The van der Waals surface area contributed by atoms with Crippen LogP contribution in [0.25, 0.3) is 22.3 Å². The quantitative estimate of drug-likeness (QED) is 0.0572. The maximum Gasteiger partial charge on any atom is 0.226 e. The zero-order chi connectivity index (χ0) is 46.9. The van der Waals surface area contributed by atoms with Crippen molar-refractivity contribution in [1.29, 1.82) is 0 Å². The van der Waals surface area contributed by atoms with Crippen molar-refractivity contribution in [2.45, 2.75) is 103 Å². The molecule has 4 aromatic carbocycles. The normalized spacial score (nSPS) is 16.8. The number of nitrogens with zero attached hydrogens (tertiary/aromatic N) is 1. The van der Waals surface area contributed by atoms with E-state index in [2.05, 4.69) is 36.5 Å². The number of carbonyl (C=O) groups excluding carboxylic acids is 5. The van der Waals surface area contributed by atoms with Gasteiger partial charge in [0, 0.05) is 80.4 Å². The van der Waals surface area contributed by atoms with Gasteiger partial charge in [-0.2, -0.15) is 0 Å². The fourth-order valence-corrected chi connectivity index (χ4v) is 8.46. The molecule has 0 spiro atoms. The van der Waals surface area contributed by atoms with Gasteiger partial charge in [-0.05, 0) is 97.2 Å². The number of aryl methyl sites for hydroxylation is 1. The molecular weight excluding hydrogens is 819 g/mol. The standard InChI is InChI=1S/C53H69N5O7/c1-5-7-9-36-11-14-38(15-12-36)39-16-18-40(19-17-39)47(60)34-42(10-8-25-54)53(63)58(4)51-41-20-24-50(65-29-27-56)46(33-41)45-32-37(13-23-49(45)64-28-26-55)31-43(21-22-44(59)6-2)57-52(62)35(3)30-48(51)61/h11-20,23-24,32-33,35,42-43,51H,5-10,21-22,25-31,34,54-56H2,1-4H3,(H,57,62)/t35-,42-,43-,51+/m1/s1. The van der Waals surface area contributed by atoms with Crippen LogP contribution in [0.3, 0.4) is 0 Å². The third-order valence-electron chi connectivity index (χ3n) is 12.2. The lowest BCUT2D eigenvalue weighted by molar-refractivity contribution is -0.142. The van der Waals surface area contributed by atoms with Gasteiger partial charge in [0.15, 0.2) is 11.6 Å². The van der Waals surface area contributed by atoms with Crippen molar-refractivity contribution in [2.75, 3.05) is 39.9 Å². The molecule has 4 atom stereocenters. The van der Waals surface area contributed by atoms with Crippen LogP contribution in [0.4, 0.5) is 0 Å². The topological polar surface area (TPSA) is 197 Å². The van der Waals surface area contributed by atoms with Crippen molar-refractivity contribution in [3.05, 3.63) is 107 Å². The number of hydrogen-bond acceptors (Lipinski definition) is 10. The summed E-state index contributed by atoms with van der Waals surface area (Å²) in [5.74, 6) is -1.69.